The molecule has 227 valence electrons. The summed E-state index contributed by atoms with van der Waals surface area (Å²) in [5, 5.41) is 61.0. The average molecular weight is 611 g/mol. The Morgan fingerprint density at radius 3 is 1.03 bits per heavy atom. The average Bonchev–Trinajstić information content (AvgIpc) is 2.64. The first-order chi connectivity index (χ1) is 16.9. The molecule has 2 unspecified atom stereocenters. The van der Waals surface area contributed by atoms with Crippen LogP contribution in [0.5, 0.6) is 0 Å². The van der Waals surface area contributed by atoms with Crippen molar-refractivity contribution in [2.45, 2.75) is 36.9 Å². The van der Waals surface area contributed by atoms with E-state index in [1.54, 1.807) is 0 Å². The van der Waals surface area contributed by atoms with Gasteiger partial charge in [-0.2, -0.15) is 0 Å². The van der Waals surface area contributed by atoms with Gasteiger partial charge in [0.05, 0.1) is 67.1 Å². The van der Waals surface area contributed by atoms with Crippen LogP contribution in [-0.4, -0.2) is 135 Å². The Balaban J connectivity index is -0.000000648. The number of hydrogen-bond donors (Lipinski definition) is 2. The van der Waals surface area contributed by atoms with E-state index in [2.05, 4.69) is 0 Å². The van der Waals surface area contributed by atoms with Gasteiger partial charge in [-0.05, 0) is 0 Å². The Kier molecular flexibility index (Phi) is 17.7. The molecule has 0 aliphatic rings. The molecule has 1 radical (unpaired) electrons. The molecule has 0 rings (SSSR count). The number of nitrogens with zero attached hydrogens (tertiary/aromatic N) is 2. The molecule has 0 aliphatic heterocycles. The largest absolute Gasteiger partial charge is 2.00 e. The molecule has 0 saturated carbocycles. The molecular formula is C22H36CoN2O14. The number of hydrogen-bond acceptors (Lipinski definition) is 14. The summed E-state index contributed by atoms with van der Waals surface area (Å²) in [6, 6.07) is 0. The van der Waals surface area contributed by atoms with Crippen molar-refractivity contribution in [3.8, 4) is 0 Å². The van der Waals surface area contributed by atoms with Crippen molar-refractivity contribution < 1.29 is 94.6 Å². The topological polar surface area (TPSA) is 254 Å². The summed E-state index contributed by atoms with van der Waals surface area (Å²) < 4.78 is 10.5. The van der Waals surface area contributed by atoms with Gasteiger partial charge >= 0.3 is 28.7 Å². The Morgan fingerprint density at radius 2 is 0.846 bits per heavy atom. The van der Waals surface area contributed by atoms with Crippen LogP contribution in [0.1, 0.15) is 25.7 Å². The summed E-state index contributed by atoms with van der Waals surface area (Å²) in [4.78, 5) is 64.7. The zero-order valence-corrected chi connectivity index (χ0v) is 23.7. The predicted octanol–water partition coefficient (Wildman–Crippen LogP) is -7.51. The van der Waals surface area contributed by atoms with E-state index in [1.807, 2.05) is 42.3 Å². The van der Waals surface area contributed by atoms with Crippen LogP contribution in [0.3, 0.4) is 0 Å². The molecule has 0 fully saturated rings. The molecule has 0 bridgehead atoms. The van der Waals surface area contributed by atoms with Gasteiger partial charge in [0.25, 0.3) is 0 Å². The smallest absolute Gasteiger partial charge is 0.550 e. The maximum Gasteiger partial charge on any atom is 2.00 e. The minimum Gasteiger partial charge on any atom is -0.550 e. The van der Waals surface area contributed by atoms with Crippen molar-refractivity contribution in [2.24, 2.45) is 0 Å². The normalized spacial score (nSPS) is 14.2. The molecule has 0 aromatic carbocycles. The number of rotatable bonds is 16. The van der Waals surface area contributed by atoms with Crippen LogP contribution in [0.25, 0.3) is 0 Å². The Hall–Kier alpha value is -2.83. The molecular weight excluding hydrogens is 575 g/mol. The van der Waals surface area contributed by atoms with Crippen LogP contribution in [0.2, 0.25) is 0 Å². The maximum absolute atomic E-state index is 11.3. The Labute approximate surface area is 236 Å². The third-order valence-electron chi connectivity index (χ3n) is 4.56. The number of carboxylic acid groups (broad SMARTS) is 4. The van der Waals surface area contributed by atoms with Gasteiger partial charge < -0.3 is 68.3 Å². The van der Waals surface area contributed by atoms with Crippen LogP contribution in [-0.2, 0) is 55.0 Å². The second-order valence-corrected chi connectivity index (χ2v) is 10.6. The first-order valence-corrected chi connectivity index (χ1v) is 11.1. The molecule has 0 aromatic heterocycles. The Bertz CT molecular complexity index is 798. The van der Waals surface area contributed by atoms with E-state index in [4.69, 9.17) is 9.47 Å². The summed E-state index contributed by atoms with van der Waals surface area (Å²) in [6.45, 7) is 1.01. The van der Waals surface area contributed by atoms with E-state index < -0.39 is 72.7 Å². The standard InChI is InChI=1S/2C11H19NO7.Co/c2*1-12(2,3)4-5-19-9(15)7-11(18,10(16)17)6-8(13)14;/h2*18H,4-7H2,1-3H3,(H-,13,14,16,17);/q;;+2/p-2. The first kappa shape index (κ1) is 40.7. The third kappa shape index (κ3) is 20.8. The summed E-state index contributed by atoms with van der Waals surface area (Å²) >= 11 is 0. The molecule has 0 spiro atoms. The van der Waals surface area contributed by atoms with Crippen LogP contribution in [0, 0.1) is 0 Å². The third-order valence-corrected chi connectivity index (χ3v) is 4.56. The molecule has 39 heavy (non-hydrogen) atoms. The van der Waals surface area contributed by atoms with Gasteiger partial charge in [0.15, 0.2) is 0 Å². The quantitative estimate of drug-likeness (QED) is 0.121. The molecule has 2 atom stereocenters. The minimum atomic E-state index is -2.81. The Morgan fingerprint density at radius 1 is 0.590 bits per heavy atom. The molecule has 17 heteroatoms. The number of aliphatic hydroxyl groups is 2. The number of carboxylic acids is 4. The molecule has 2 N–H and O–H groups in total. The minimum absolute atomic E-state index is 0. The van der Waals surface area contributed by atoms with Crippen LogP contribution in [0.15, 0.2) is 0 Å². The second kappa shape index (κ2) is 17.0. The second-order valence-electron chi connectivity index (χ2n) is 10.6. The summed E-state index contributed by atoms with van der Waals surface area (Å²) in [6.07, 6.45) is -4.47. The number of aliphatic carboxylic acids is 4. The van der Waals surface area contributed by atoms with Crippen molar-refractivity contribution >= 4 is 35.8 Å². The number of carbonyl (C=O) groups excluding carboxylic acids is 6. The molecule has 0 saturated heterocycles. The van der Waals surface area contributed by atoms with Gasteiger partial charge in [0.1, 0.15) is 37.5 Å². The molecule has 0 heterocycles. The van der Waals surface area contributed by atoms with Gasteiger partial charge in [-0.25, -0.2) is 0 Å². The maximum atomic E-state index is 11.3. The van der Waals surface area contributed by atoms with Crippen molar-refractivity contribution in [1.82, 2.24) is 0 Å². The monoisotopic (exact) mass is 611 g/mol. The fourth-order valence-electron chi connectivity index (χ4n) is 2.34. The fourth-order valence-corrected chi connectivity index (χ4v) is 2.34. The van der Waals surface area contributed by atoms with E-state index in [-0.39, 0.29) is 30.0 Å². The van der Waals surface area contributed by atoms with E-state index in [1.165, 1.54) is 0 Å². The fraction of sp³-hybridized carbons (Fsp3) is 0.727. The molecule has 0 amide bonds. The molecule has 0 aromatic rings. The van der Waals surface area contributed by atoms with Crippen molar-refractivity contribution in [2.75, 3.05) is 68.6 Å². The van der Waals surface area contributed by atoms with Gasteiger partial charge in [-0.1, -0.05) is 0 Å². The van der Waals surface area contributed by atoms with E-state index in [9.17, 15) is 59.4 Å². The van der Waals surface area contributed by atoms with Crippen LogP contribution >= 0.6 is 0 Å². The summed E-state index contributed by atoms with van der Waals surface area (Å²) in [5.74, 6) is -9.74. The van der Waals surface area contributed by atoms with Gasteiger partial charge in [-0.3, -0.25) is 9.59 Å². The zero-order valence-electron chi connectivity index (χ0n) is 22.7. The predicted molar refractivity (Wildman–Crippen MR) is 116 cm³/mol. The van der Waals surface area contributed by atoms with E-state index in [0.717, 1.165) is 0 Å². The molecule has 0 aliphatic carbocycles. The molecule has 16 nitrogen and oxygen atoms in total. The number of likely N-dealkylation sites (N-methyl/N-ethyl adjacent to an activating group) is 2. The van der Waals surface area contributed by atoms with Crippen molar-refractivity contribution in [1.29, 1.82) is 0 Å². The number of quaternary nitrogens is 2. The van der Waals surface area contributed by atoms with E-state index in [0.29, 0.717) is 22.1 Å². The summed E-state index contributed by atoms with van der Waals surface area (Å²) in [7, 11) is 11.2. The van der Waals surface area contributed by atoms with E-state index >= 15 is 0 Å². The number of carbonyl (C=O) groups is 6. The first-order valence-electron chi connectivity index (χ1n) is 11.1. The number of esters is 2. The SMILES string of the molecule is C[N+](C)(C)CCOC(=O)CC(O)(CC(=O)[O-])C(=O)[O-].C[N+](C)(C)CCOC(=O)CC(O)(CC(=O)[O-])C(=O)[O-].[Co+2]. The van der Waals surface area contributed by atoms with Crippen molar-refractivity contribution in [3.63, 3.8) is 0 Å². The number of ether oxygens (including phenoxy) is 2. The van der Waals surface area contributed by atoms with Crippen LogP contribution < -0.4 is 20.4 Å². The van der Waals surface area contributed by atoms with Gasteiger partial charge in [0.2, 0.25) is 0 Å². The van der Waals surface area contributed by atoms with Crippen LogP contribution in [0.4, 0.5) is 0 Å². The van der Waals surface area contributed by atoms with Crippen molar-refractivity contribution in [3.05, 3.63) is 0 Å². The summed E-state index contributed by atoms with van der Waals surface area (Å²) in [5.41, 5.74) is -5.63. The van der Waals surface area contributed by atoms with Gasteiger partial charge in [0, 0.05) is 24.8 Å². The van der Waals surface area contributed by atoms with Gasteiger partial charge in [-0.15, -0.1) is 0 Å². The zero-order chi connectivity index (χ0) is 30.5.